The molecule has 3 rings (SSSR count). The second-order valence-electron chi connectivity index (χ2n) is 5.58. The monoisotopic (exact) mass is 280 g/mol. The van der Waals surface area contributed by atoms with Gasteiger partial charge in [0.2, 0.25) is 0 Å². The van der Waals surface area contributed by atoms with Crippen molar-refractivity contribution in [3.8, 4) is 0 Å². The molecule has 1 heterocycles. The minimum atomic E-state index is -1.00. The Hall–Kier alpha value is -1.29. The summed E-state index contributed by atoms with van der Waals surface area (Å²) < 4.78 is 0. The van der Waals surface area contributed by atoms with Crippen LogP contribution < -0.4 is 5.32 Å². The van der Waals surface area contributed by atoms with Gasteiger partial charge in [0.15, 0.2) is 0 Å². The summed E-state index contributed by atoms with van der Waals surface area (Å²) >= 11 is 6.06. The number of anilines is 1. The molecular weight excluding hydrogens is 264 g/mol. The van der Waals surface area contributed by atoms with Crippen LogP contribution in [0.25, 0.3) is 0 Å². The summed E-state index contributed by atoms with van der Waals surface area (Å²) in [7, 11) is 0. The van der Waals surface area contributed by atoms with E-state index in [1.165, 1.54) is 37.9 Å². The van der Waals surface area contributed by atoms with Crippen LogP contribution in [0, 0.1) is 17.8 Å². The van der Waals surface area contributed by atoms with Crippen LogP contribution in [0.5, 0.6) is 0 Å². The van der Waals surface area contributed by atoms with Crippen molar-refractivity contribution in [2.24, 2.45) is 17.8 Å². The Morgan fingerprint density at radius 3 is 2.53 bits per heavy atom. The third-order valence-corrected chi connectivity index (χ3v) is 4.34. The van der Waals surface area contributed by atoms with Crippen molar-refractivity contribution in [3.05, 3.63) is 22.8 Å². The van der Waals surface area contributed by atoms with Gasteiger partial charge in [-0.15, -0.1) is 0 Å². The highest BCUT2D eigenvalue weighted by Crippen LogP contribution is 2.49. The van der Waals surface area contributed by atoms with E-state index in [4.69, 9.17) is 16.7 Å². The quantitative estimate of drug-likeness (QED) is 0.839. The number of aromatic nitrogens is 1. The molecule has 0 spiro atoms. The van der Waals surface area contributed by atoms with Gasteiger partial charge in [-0.1, -0.05) is 11.6 Å². The SMILES string of the molecule is O=C(O)c1cnc(NCC(C2CC2)C2CC2)c(Cl)c1. The summed E-state index contributed by atoms with van der Waals surface area (Å²) in [4.78, 5) is 14.9. The van der Waals surface area contributed by atoms with E-state index in [2.05, 4.69) is 10.3 Å². The van der Waals surface area contributed by atoms with Crippen molar-refractivity contribution in [2.75, 3.05) is 11.9 Å². The highest BCUT2D eigenvalue weighted by Gasteiger charge is 2.41. The summed E-state index contributed by atoms with van der Waals surface area (Å²) in [5.41, 5.74) is 0.122. The average Bonchev–Trinajstić information content (AvgIpc) is 3.25. The zero-order chi connectivity index (χ0) is 13.4. The Morgan fingerprint density at radius 2 is 2.05 bits per heavy atom. The van der Waals surface area contributed by atoms with Crippen molar-refractivity contribution in [1.82, 2.24) is 4.98 Å². The van der Waals surface area contributed by atoms with Crippen molar-refractivity contribution >= 4 is 23.4 Å². The van der Waals surface area contributed by atoms with Crippen LogP contribution >= 0.6 is 11.6 Å². The molecule has 2 aliphatic carbocycles. The molecule has 0 aliphatic heterocycles. The smallest absolute Gasteiger partial charge is 0.337 e. The molecule has 2 fully saturated rings. The van der Waals surface area contributed by atoms with Crippen molar-refractivity contribution in [3.63, 3.8) is 0 Å². The van der Waals surface area contributed by atoms with Gasteiger partial charge in [-0.3, -0.25) is 0 Å². The zero-order valence-corrected chi connectivity index (χ0v) is 11.4. The Kier molecular flexibility index (Phi) is 3.35. The topological polar surface area (TPSA) is 62.2 Å². The molecular formula is C14H17ClN2O2. The average molecular weight is 281 g/mol. The number of hydrogen-bond donors (Lipinski definition) is 2. The maximum absolute atomic E-state index is 10.8. The normalized spacial score (nSPS) is 18.6. The van der Waals surface area contributed by atoms with E-state index in [0.717, 1.165) is 24.3 Å². The molecule has 0 bridgehead atoms. The number of rotatable bonds is 6. The summed E-state index contributed by atoms with van der Waals surface area (Å²) in [6, 6.07) is 1.45. The molecule has 102 valence electrons. The molecule has 2 aliphatic rings. The van der Waals surface area contributed by atoms with Gasteiger partial charge in [-0.25, -0.2) is 9.78 Å². The molecule has 1 aromatic rings. The lowest BCUT2D eigenvalue weighted by Crippen LogP contribution is -2.19. The lowest BCUT2D eigenvalue weighted by molar-refractivity contribution is 0.0696. The lowest BCUT2D eigenvalue weighted by atomic mass is 9.98. The van der Waals surface area contributed by atoms with Gasteiger partial charge in [0.1, 0.15) is 5.82 Å². The molecule has 4 nitrogen and oxygen atoms in total. The Balaban J connectivity index is 1.64. The van der Waals surface area contributed by atoms with Crippen LogP contribution in [-0.2, 0) is 0 Å². The van der Waals surface area contributed by atoms with E-state index < -0.39 is 5.97 Å². The largest absolute Gasteiger partial charge is 0.478 e. The minimum absolute atomic E-state index is 0.122. The first kappa shape index (κ1) is 12.7. The number of nitrogens with zero attached hydrogens (tertiary/aromatic N) is 1. The van der Waals surface area contributed by atoms with E-state index >= 15 is 0 Å². The van der Waals surface area contributed by atoms with Crippen molar-refractivity contribution in [1.29, 1.82) is 0 Å². The summed E-state index contributed by atoms with van der Waals surface area (Å²) in [5.74, 6) is 2.07. The standard InChI is InChI=1S/C14H17ClN2O2/c15-12-5-10(14(18)19)6-16-13(12)17-7-11(8-1-2-8)9-3-4-9/h5-6,8-9,11H,1-4,7H2,(H,16,17)(H,18,19). The fourth-order valence-corrected chi connectivity index (χ4v) is 2.90. The number of carboxylic acids is 1. The zero-order valence-electron chi connectivity index (χ0n) is 10.6. The first-order valence-electron chi connectivity index (χ1n) is 6.78. The van der Waals surface area contributed by atoms with Crippen molar-refractivity contribution in [2.45, 2.75) is 25.7 Å². The van der Waals surface area contributed by atoms with E-state index in [0.29, 0.717) is 10.8 Å². The maximum Gasteiger partial charge on any atom is 0.337 e. The number of nitrogens with one attached hydrogen (secondary N) is 1. The summed E-state index contributed by atoms with van der Waals surface area (Å²) in [6.07, 6.45) is 6.74. The van der Waals surface area contributed by atoms with Gasteiger partial charge in [0.05, 0.1) is 10.6 Å². The van der Waals surface area contributed by atoms with E-state index in [1.54, 1.807) is 0 Å². The summed E-state index contributed by atoms with van der Waals surface area (Å²) in [5, 5.41) is 12.5. The highest BCUT2D eigenvalue weighted by molar-refractivity contribution is 6.33. The third-order valence-electron chi connectivity index (χ3n) is 4.05. The van der Waals surface area contributed by atoms with Crippen molar-refractivity contribution < 1.29 is 9.90 Å². The first-order chi connectivity index (χ1) is 9.15. The van der Waals surface area contributed by atoms with Gasteiger partial charge < -0.3 is 10.4 Å². The molecule has 2 N–H and O–H groups in total. The lowest BCUT2D eigenvalue weighted by Gasteiger charge is -2.17. The predicted molar refractivity (Wildman–Crippen MR) is 73.6 cm³/mol. The molecule has 2 saturated carbocycles. The number of carbonyl (C=O) groups is 1. The minimum Gasteiger partial charge on any atom is -0.478 e. The summed E-state index contributed by atoms with van der Waals surface area (Å²) in [6.45, 7) is 0.897. The molecule has 19 heavy (non-hydrogen) atoms. The molecule has 0 radical (unpaired) electrons. The van der Waals surface area contributed by atoms with Gasteiger partial charge in [0, 0.05) is 12.7 Å². The van der Waals surface area contributed by atoms with E-state index in [9.17, 15) is 4.79 Å². The van der Waals surface area contributed by atoms with Crippen LogP contribution in [0.4, 0.5) is 5.82 Å². The number of hydrogen-bond acceptors (Lipinski definition) is 3. The van der Waals surface area contributed by atoms with Crippen LogP contribution in [0.1, 0.15) is 36.0 Å². The number of aromatic carboxylic acids is 1. The second-order valence-corrected chi connectivity index (χ2v) is 5.99. The molecule has 0 amide bonds. The second kappa shape index (κ2) is 5.00. The third kappa shape index (κ3) is 3.00. The van der Waals surface area contributed by atoms with E-state index in [-0.39, 0.29) is 5.56 Å². The van der Waals surface area contributed by atoms with Gasteiger partial charge in [0.25, 0.3) is 0 Å². The predicted octanol–water partition coefficient (Wildman–Crippen LogP) is 3.28. The Bertz CT molecular complexity index is 486. The highest BCUT2D eigenvalue weighted by atomic mass is 35.5. The molecule has 0 atom stereocenters. The van der Waals surface area contributed by atoms with E-state index in [1.807, 2.05) is 0 Å². The van der Waals surface area contributed by atoms with Gasteiger partial charge in [-0.05, 0) is 49.5 Å². The Labute approximate surface area is 117 Å². The van der Waals surface area contributed by atoms with Gasteiger partial charge >= 0.3 is 5.97 Å². The molecule has 0 saturated heterocycles. The van der Waals surface area contributed by atoms with Gasteiger partial charge in [-0.2, -0.15) is 0 Å². The van der Waals surface area contributed by atoms with Crippen LogP contribution in [0.15, 0.2) is 12.3 Å². The Morgan fingerprint density at radius 1 is 1.42 bits per heavy atom. The first-order valence-corrected chi connectivity index (χ1v) is 7.15. The van der Waals surface area contributed by atoms with Crippen LogP contribution in [0.3, 0.4) is 0 Å². The number of pyridine rings is 1. The maximum atomic E-state index is 10.8. The fourth-order valence-electron chi connectivity index (χ4n) is 2.67. The fraction of sp³-hybridized carbons (Fsp3) is 0.571. The molecule has 1 aromatic heterocycles. The molecule has 0 aromatic carbocycles. The molecule has 0 unspecified atom stereocenters. The number of halogens is 1. The van der Waals surface area contributed by atoms with Crippen LogP contribution in [-0.4, -0.2) is 22.6 Å². The molecule has 5 heteroatoms. The van der Waals surface area contributed by atoms with Crippen LogP contribution in [0.2, 0.25) is 5.02 Å². The number of carboxylic acid groups (broad SMARTS) is 1.